The first-order valence-electron chi connectivity index (χ1n) is 8.38. The van der Waals surface area contributed by atoms with E-state index in [9.17, 15) is 19.2 Å². The van der Waals surface area contributed by atoms with Crippen LogP contribution >= 0.6 is 0 Å². The van der Waals surface area contributed by atoms with E-state index in [0.717, 1.165) is 14.5 Å². The summed E-state index contributed by atoms with van der Waals surface area (Å²) in [6.07, 6.45) is 1.54. The molecule has 9 nitrogen and oxygen atoms in total. The predicted molar refractivity (Wildman–Crippen MR) is 102 cm³/mol. The number of nitrogens with zero attached hydrogens (tertiary/aromatic N) is 3. The van der Waals surface area contributed by atoms with Gasteiger partial charge in [-0.1, -0.05) is 24.3 Å². The minimum atomic E-state index is -0.833. The highest BCUT2D eigenvalue weighted by Crippen LogP contribution is 2.16. The normalized spacial score (nSPS) is 10.8. The summed E-state index contributed by atoms with van der Waals surface area (Å²) in [6, 6.07) is 9.09. The maximum Gasteiger partial charge on any atom is 0.332 e. The van der Waals surface area contributed by atoms with Gasteiger partial charge in [0, 0.05) is 25.7 Å². The number of fused-ring (bicyclic) bond motifs is 1. The van der Waals surface area contributed by atoms with E-state index in [2.05, 4.69) is 4.98 Å². The number of nitrogens with two attached hydrogens (primary N) is 1. The number of anilines is 1. The third-order valence-corrected chi connectivity index (χ3v) is 4.40. The van der Waals surface area contributed by atoms with Crippen LogP contribution in [0.3, 0.4) is 0 Å². The fourth-order valence-electron chi connectivity index (χ4n) is 2.86. The second-order valence-corrected chi connectivity index (χ2v) is 6.22. The van der Waals surface area contributed by atoms with Crippen LogP contribution in [-0.4, -0.2) is 32.5 Å². The molecule has 0 amide bonds. The number of esters is 1. The Balaban J connectivity index is 1.76. The fourth-order valence-corrected chi connectivity index (χ4v) is 2.86. The molecule has 3 aromatic rings. The second-order valence-electron chi connectivity index (χ2n) is 6.22. The summed E-state index contributed by atoms with van der Waals surface area (Å²) in [5, 5.41) is 0.880. The minimum Gasteiger partial charge on any atom is -0.457 e. The Morgan fingerprint density at radius 1 is 1.11 bits per heavy atom. The zero-order valence-corrected chi connectivity index (χ0v) is 15.3. The van der Waals surface area contributed by atoms with Crippen molar-refractivity contribution in [3.05, 3.63) is 68.5 Å². The Morgan fingerprint density at radius 2 is 1.82 bits per heavy atom. The highest BCUT2D eigenvalue weighted by molar-refractivity contribution is 6.01. The number of carbonyl (C=O) groups excluding carboxylic acids is 2. The van der Waals surface area contributed by atoms with Gasteiger partial charge >= 0.3 is 11.7 Å². The van der Waals surface area contributed by atoms with E-state index in [1.165, 1.54) is 14.1 Å². The molecule has 2 heterocycles. The minimum absolute atomic E-state index is 0.0810. The smallest absolute Gasteiger partial charge is 0.332 e. The van der Waals surface area contributed by atoms with Gasteiger partial charge in [-0.15, -0.1) is 0 Å². The molecule has 2 N–H and O–H groups in total. The molecular formula is C19H18N4O5. The molecule has 1 aromatic carbocycles. The summed E-state index contributed by atoms with van der Waals surface area (Å²) >= 11 is 0. The van der Waals surface area contributed by atoms with Crippen LogP contribution in [0.1, 0.15) is 15.9 Å². The van der Waals surface area contributed by atoms with Crippen molar-refractivity contribution in [1.29, 1.82) is 0 Å². The number of pyridine rings is 1. The van der Waals surface area contributed by atoms with Crippen LogP contribution < -0.4 is 17.0 Å². The highest BCUT2D eigenvalue weighted by Gasteiger charge is 2.21. The molecule has 0 atom stereocenters. The number of para-hydroxylation sites is 1. The van der Waals surface area contributed by atoms with Crippen LogP contribution in [0.15, 0.2) is 46.1 Å². The molecule has 0 aliphatic carbocycles. The van der Waals surface area contributed by atoms with Crippen molar-refractivity contribution >= 4 is 28.5 Å². The summed E-state index contributed by atoms with van der Waals surface area (Å²) in [7, 11) is 2.58. The van der Waals surface area contributed by atoms with Gasteiger partial charge in [0.05, 0.1) is 11.9 Å². The molecule has 2 aromatic heterocycles. The zero-order chi connectivity index (χ0) is 20.4. The monoisotopic (exact) mass is 382 g/mol. The van der Waals surface area contributed by atoms with Crippen LogP contribution in [-0.2, 0) is 30.0 Å². The van der Waals surface area contributed by atoms with Gasteiger partial charge < -0.3 is 10.5 Å². The van der Waals surface area contributed by atoms with Gasteiger partial charge in [-0.05, 0) is 11.6 Å². The van der Waals surface area contributed by atoms with Gasteiger partial charge in [-0.2, -0.15) is 0 Å². The Labute approximate surface area is 159 Å². The van der Waals surface area contributed by atoms with Gasteiger partial charge in [0.15, 0.2) is 6.61 Å². The number of rotatable bonds is 5. The van der Waals surface area contributed by atoms with Gasteiger partial charge in [0.2, 0.25) is 5.78 Å². The third-order valence-electron chi connectivity index (χ3n) is 4.40. The number of aromatic nitrogens is 3. The SMILES string of the molecule is Cn1c(N)c(C(=O)COC(=O)Cc2cccc3cccnc23)c(=O)n(C)c1=O. The summed E-state index contributed by atoms with van der Waals surface area (Å²) in [5.41, 5.74) is 5.19. The number of Topliss-reactive ketones (excluding diaryl/α,β-unsaturated/α-hetero) is 1. The summed E-state index contributed by atoms with van der Waals surface area (Å²) in [4.78, 5) is 52.8. The molecule has 144 valence electrons. The quantitative estimate of drug-likeness (QED) is 0.493. The first kappa shape index (κ1) is 19.0. The molecule has 0 fully saturated rings. The predicted octanol–water partition coefficient (Wildman–Crippen LogP) is 0.183. The molecule has 0 saturated heterocycles. The second kappa shape index (κ2) is 7.47. The fraction of sp³-hybridized carbons (Fsp3) is 0.211. The van der Waals surface area contributed by atoms with Crippen LogP contribution in [0.25, 0.3) is 10.9 Å². The van der Waals surface area contributed by atoms with Crippen molar-refractivity contribution in [1.82, 2.24) is 14.1 Å². The maximum atomic E-state index is 12.4. The summed E-state index contributed by atoms with van der Waals surface area (Å²) in [5.74, 6) is -1.70. The molecule has 0 bridgehead atoms. The highest BCUT2D eigenvalue weighted by atomic mass is 16.5. The Bertz CT molecular complexity index is 1200. The third kappa shape index (κ3) is 3.41. The van der Waals surface area contributed by atoms with E-state index in [0.29, 0.717) is 11.1 Å². The molecule has 9 heteroatoms. The standard InChI is InChI=1S/C19H18N4O5/c1-22-17(20)15(18(26)23(2)19(22)27)13(24)10-28-14(25)9-12-6-3-5-11-7-4-8-21-16(11)12/h3-8H,9-10,20H2,1-2H3. The molecule has 0 radical (unpaired) electrons. The van der Waals surface area contributed by atoms with E-state index in [1.54, 1.807) is 24.4 Å². The summed E-state index contributed by atoms with van der Waals surface area (Å²) in [6.45, 7) is -0.658. The Kier molecular flexibility index (Phi) is 5.08. The van der Waals surface area contributed by atoms with E-state index in [-0.39, 0.29) is 17.8 Å². The van der Waals surface area contributed by atoms with E-state index in [1.807, 2.05) is 12.1 Å². The van der Waals surface area contributed by atoms with E-state index < -0.39 is 29.6 Å². The number of carbonyl (C=O) groups is 2. The number of benzene rings is 1. The number of hydrogen-bond donors (Lipinski definition) is 1. The van der Waals surface area contributed by atoms with Crippen LogP contribution in [0.2, 0.25) is 0 Å². The van der Waals surface area contributed by atoms with Crippen LogP contribution in [0, 0.1) is 0 Å². The molecule has 3 rings (SSSR count). The molecule has 0 aliphatic rings. The molecule has 0 spiro atoms. The summed E-state index contributed by atoms with van der Waals surface area (Å²) < 4.78 is 6.78. The van der Waals surface area contributed by atoms with Gasteiger partial charge in [-0.3, -0.25) is 28.5 Å². The van der Waals surface area contributed by atoms with Crippen LogP contribution in [0.4, 0.5) is 5.82 Å². The Hall–Kier alpha value is -3.75. The van der Waals surface area contributed by atoms with E-state index >= 15 is 0 Å². The molecule has 0 saturated carbocycles. The number of ketones is 1. The molecule has 0 unspecified atom stereocenters. The number of ether oxygens (including phenoxy) is 1. The average Bonchev–Trinajstić information content (AvgIpc) is 2.69. The molecule has 0 aliphatic heterocycles. The van der Waals surface area contributed by atoms with Gasteiger partial charge in [0.1, 0.15) is 11.4 Å². The maximum absolute atomic E-state index is 12.4. The van der Waals surface area contributed by atoms with Crippen molar-refractivity contribution in [3.63, 3.8) is 0 Å². The lowest BCUT2D eigenvalue weighted by molar-refractivity contribution is -0.141. The molecule has 28 heavy (non-hydrogen) atoms. The van der Waals surface area contributed by atoms with E-state index in [4.69, 9.17) is 10.5 Å². The lowest BCUT2D eigenvalue weighted by Gasteiger charge is -2.11. The first-order chi connectivity index (χ1) is 13.3. The van der Waals surface area contributed by atoms with Crippen molar-refractivity contribution < 1.29 is 14.3 Å². The van der Waals surface area contributed by atoms with Crippen molar-refractivity contribution in [2.45, 2.75) is 6.42 Å². The zero-order valence-electron chi connectivity index (χ0n) is 15.3. The number of nitrogen functional groups attached to an aromatic ring is 1. The average molecular weight is 382 g/mol. The Morgan fingerprint density at radius 3 is 2.57 bits per heavy atom. The lowest BCUT2D eigenvalue weighted by Crippen LogP contribution is -2.42. The van der Waals surface area contributed by atoms with Gasteiger partial charge in [-0.25, -0.2) is 4.79 Å². The van der Waals surface area contributed by atoms with Crippen molar-refractivity contribution in [2.24, 2.45) is 14.1 Å². The lowest BCUT2D eigenvalue weighted by atomic mass is 10.1. The van der Waals surface area contributed by atoms with Gasteiger partial charge in [0.25, 0.3) is 5.56 Å². The first-order valence-corrected chi connectivity index (χ1v) is 8.38. The molecular weight excluding hydrogens is 364 g/mol. The van der Waals surface area contributed by atoms with Crippen molar-refractivity contribution in [2.75, 3.05) is 12.3 Å². The largest absolute Gasteiger partial charge is 0.457 e. The number of hydrogen-bond acceptors (Lipinski definition) is 7. The van der Waals surface area contributed by atoms with Crippen molar-refractivity contribution in [3.8, 4) is 0 Å². The van der Waals surface area contributed by atoms with Crippen LogP contribution in [0.5, 0.6) is 0 Å². The topological polar surface area (TPSA) is 126 Å².